The maximum absolute atomic E-state index is 13.7. The van der Waals surface area contributed by atoms with Gasteiger partial charge in [-0.3, -0.25) is 14.5 Å². The highest BCUT2D eigenvalue weighted by Crippen LogP contribution is 2.44. The first-order valence-electron chi connectivity index (χ1n) is 11.3. The first-order chi connectivity index (χ1) is 16.3. The maximum atomic E-state index is 13.7. The van der Waals surface area contributed by atoms with Crippen LogP contribution in [0, 0.1) is 5.82 Å². The summed E-state index contributed by atoms with van der Waals surface area (Å²) in [6, 6.07) is 5.65. The molecule has 4 rings (SSSR count). The molecule has 2 amide bonds. The molecule has 1 N–H and O–H groups in total. The second-order valence-electron chi connectivity index (χ2n) is 8.62. The van der Waals surface area contributed by atoms with Crippen LogP contribution in [0.1, 0.15) is 24.9 Å². The number of ether oxygens (including phenoxy) is 1. The lowest BCUT2D eigenvalue weighted by atomic mass is 9.93. The number of allylic oxidation sites excluding steroid dienone is 1. The zero-order valence-electron chi connectivity index (χ0n) is 19.7. The molecule has 34 heavy (non-hydrogen) atoms. The minimum absolute atomic E-state index is 0.0917. The van der Waals surface area contributed by atoms with Crippen LogP contribution in [0.25, 0.3) is 0 Å². The second kappa shape index (κ2) is 10.7. The van der Waals surface area contributed by atoms with Crippen LogP contribution in [0.4, 0.5) is 4.39 Å². The molecule has 0 aliphatic carbocycles. The molecule has 3 heterocycles. The Morgan fingerprint density at radius 1 is 1.24 bits per heavy atom. The van der Waals surface area contributed by atoms with Gasteiger partial charge in [0, 0.05) is 46.0 Å². The van der Waals surface area contributed by atoms with Crippen LogP contribution in [0.2, 0.25) is 0 Å². The highest BCUT2D eigenvalue weighted by molar-refractivity contribution is 8.16. The van der Waals surface area contributed by atoms with E-state index in [1.165, 1.54) is 28.8 Å². The summed E-state index contributed by atoms with van der Waals surface area (Å²) in [4.78, 5) is 36.3. The molecular weight excluding hydrogens is 457 g/mol. The van der Waals surface area contributed by atoms with Crippen LogP contribution in [0.5, 0.6) is 0 Å². The van der Waals surface area contributed by atoms with Gasteiger partial charge < -0.3 is 19.9 Å². The van der Waals surface area contributed by atoms with E-state index in [-0.39, 0.29) is 24.1 Å². The number of hydrogen-bond donors (Lipinski definition) is 1. The number of rotatable bonds is 7. The van der Waals surface area contributed by atoms with Gasteiger partial charge in [-0.25, -0.2) is 9.38 Å². The van der Waals surface area contributed by atoms with Crippen molar-refractivity contribution >= 4 is 28.7 Å². The zero-order valence-corrected chi connectivity index (χ0v) is 20.5. The zero-order chi connectivity index (χ0) is 24.2. The molecule has 3 aliphatic rings. The summed E-state index contributed by atoms with van der Waals surface area (Å²) in [7, 11) is 3.39. The number of morpholine rings is 1. The van der Waals surface area contributed by atoms with E-state index >= 15 is 0 Å². The minimum Gasteiger partial charge on any atom is -0.379 e. The summed E-state index contributed by atoms with van der Waals surface area (Å²) >= 11 is 1.43. The van der Waals surface area contributed by atoms with Gasteiger partial charge in [0.1, 0.15) is 5.82 Å². The van der Waals surface area contributed by atoms with E-state index in [0.29, 0.717) is 23.0 Å². The molecule has 1 atom stereocenters. The number of nitrogens with zero attached hydrogens (tertiary/aromatic N) is 4. The van der Waals surface area contributed by atoms with E-state index in [2.05, 4.69) is 15.2 Å². The van der Waals surface area contributed by atoms with E-state index in [1.54, 1.807) is 26.2 Å². The number of nitrogens with one attached hydrogen (secondary N) is 1. The molecule has 3 aliphatic heterocycles. The van der Waals surface area contributed by atoms with Gasteiger partial charge in [-0.1, -0.05) is 23.9 Å². The van der Waals surface area contributed by atoms with Crippen LogP contribution in [-0.2, 0) is 14.3 Å². The number of likely N-dealkylation sites (N-methyl/N-ethyl adjacent to an activating group) is 1. The summed E-state index contributed by atoms with van der Waals surface area (Å²) in [5, 5.41) is 5.62. The van der Waals surface area contributed by atoms with Crippen molar-refractivity contribution in [3.8, 4) is 0 Å². The topological polar surface area (TPSA) is 77.5 Å². The molecule has 1 saturated heterocycles. The van der Waals surface area contributed by atoms with E-state index in [4.69, 9.17) is 4.74 Å². The minimum atomic E-state index is -0.495. The molecule has 182 valence electrons. The Morgan fingerprint density at radius 2 is 1.94 bits per heavy atom. The van der Waals surface area contributed by atoms with E-state index in [1.807, 2.05) is 17.2 Å². The highest BCUT2D eigenvalue weighted by Gasteiger charge is 2.40. The van der Waals surface area contributed by atoms with Gasteiger partial charge >= 0.3 is 0 Å². The molecule has 0 radical (unpaired) electrons. The Bertz CT molecular complexity index is 1030. The Balaban J connectivity index is 1.52. The van der Waals surface area contributed by atoms with Crippen molar-refractivity contribution in [1.82, 2.24) is 20.0 Å². The number of carbonyl (C=O) groups excluding carboxylic acids is 2. The number of carbonyl (C=O) groups is 2. The smallest absolute Gasteiger partial charge is 0.253 e. The predicted octanol–water partition coefficient (Wildman–Crippen LogP) is 2.33. The third-order valence-electron chi connectivity index (χ3n) is 6.02. The van der Waals surface area contributed by atoms with Crippen molar-refractivity contribution in [2.24, 2.45) is 4.99 Å². The number of amidine groups is 1. The average Bonchev–Trinajstić information content (AvgIpc) is 3.20. The normalized spacial score (nSPS) is 20.6. The number of thioether (sulfide) groups is 1. The van der Waals surface area contributed by atoms with Gasteiger partial charge in [-0.15, -0.1) is 0 Å². The number of aliphatic imine (C=N–C) groups is 1. The Hall–Kier alpha value is -2.69. The van der Waals surface area contributed by atoms with Gasteiger partial charge in [-0.2, -0.15) is 0 Å². The van der Waals surface area contributed by atoms with Crippen molar-refractivity contribution < 1.29 is 18.7 Å². The van der Waals surface area contributed by atoms with Crippen molar-refractivity contribution in [3.05, 3.63) is 58.0 Å². The van der Waals surface area contributed by atoms with Crippen molar-refractivity contribution in [2.75, 3.05) is 53.5 Å². The fraction of sp³-hybridized carbons (Fsp3) is 0.458. The standard InChI is InChI=1S/C24H30FN5O3S/c1-16-21(23(32)28(2)3)22(17-4-6-18(25)7-5-17)30-19(15-34-24(30)27-16)14-20(31)26-8-9-29-10-12-33-13-11-29/h4-7,15,22H,8-14H2,1-3H3,(H,26,31). The lowest BCUT2D eigenvalue weighted by molar-refractivity contribution is -0.125. The van der Waals surface area contributed by atoms with Crippen molar-refractivity contribution in [1.29, 1.82) is 0 Å². The fourth-order valence-corrected chi connectivity index (χ4v) is 5.21. The van der Waals surface area contributed by atoms with Gasteiger partial charge in [0.2, 0.25) is 5.91 Å². The number of halogens is 1. The first kappa shape index (κ1) is 24.4. The summed E-state index contributed by atoms with van der Waals surface area (Å²) < 4.78 is 19.0. The van der Waals surface area contributed by atoms with Gasteiger partial charge in [0.25, 0.3) is 5.91 Å². The summed E-state index contributed by atoms with van der Waals surface area (Å²) in [5.41, 5.74) is 2.66. The Morgan fingerprint density at radius 3 is 2.62 bits per heavy atom. The average molecular weight is 488 g/mol. The quantitative estimate of drug-likeness (QED) is 0.636. The summed E-state index contributed by atoms with van der Waals surface area (Å²) in [6.07, 6.45) is 0.162. The molecule has 1 aromatic carbocycles. The lowest BCUT2D eigenvalue weighted by Gasteiger charge is -2.37. The molecule has 0 bridgehead atoms. The Labute approximate surface area is 203 Å². The fourth-order valence-electron chi connectivity index (χ4n) is 4.25. The molecule has 10 heteroatoms. The Kier molecular flexibility index (Phi) is 7.70. The molecular formula is C24H30FN5O3S. The van der Waals surface area contributed by atoms with E-state index in [9.17, 15) is 14.0 Å². The molecule has 1 fully saturated rings. The van der Waals surface area contributed by atoms with Gasteiger partial charge in [-0.05, 0) is 30.0 Å². The molecule has 0 spiro atoms. The maximum Gasteiger partial charge on any atom is 0.253 e. The van der Waals surface area contributed by atoms with Crippen LogP contribution >= 0.6 is 11.8 Å². The molecule has 1 aromatic rings. The largest absolute Gasteiger partial charge is 0.379 e. The van der Waals surface area contributed by atoms with Crippen LogP contribution in [0.15, 0.2) is 51.6 Å². The van der Waals surface area contributed by atoms with Crippen molar-refractivity contribution in [2.45, 2.75) is 19.4 Å². The molecule has 1 unspecified atom stereocenters. The highest BCUT2D eigenvalue weighted by atomic mass is 32.2. The van der Waals surface area contributed by atoms with Crippen LogP contribution in [0.3, 0.4) is 0 Å². The monoisotopic (exact) mass is 487 g/mol. The van der Waals surface area contributed by atoms with Gasteiger partial charge in [0.15, 0.2) is 5.17 Å². The molecule has 0 saturated carbocycles. The summed E-state index contributed by atoms with van der Waals surface area (Å²) in [6.45, 7) is 6.35. The third-order valence-corrected chi connectivity index (χ3v) is 6.91. The molecule has 0 aromatic heterocycles. The predicted molar refractivity (Wildman–Crippen MR) is 130 cm³/mol. The lowest BCUT2D eigenvalue weighted by Crippen LogP contribution is -2.42. The van der Waals surface area contributed by atoms with Crippen LogP contribution < -0.4 is 5.32 Å². The van der Waals surface area contributed by atoms with Crippen molar-refractivity contribution in [3.63, 3.8) is 0 Å². The van der Waals surface area contributed by atoms with E-state index < -0.39 is 6.04 Å². The first-order valence-corrected chi connectivity index (χ1v) is 12.2. The second-order valence-corrected chi connectivity index (χ2v) is 9.46. The number of amides is 2. The van der Waals surface area contributed by atoms with Crippen LogP contribution in [-0.4, -0.2) is 85.2 Å². The third kappa shape index (κ3) is 5.34. The molecule has 8 nitrogen and oxygen atoms in total. The van der Waals surface area contributed by atoms with Gasteiger partial charge in [0.05, 0.1) is 36.9 Å². The SMILES string of the molecule is CC1=C(C(=O)N(C)C)C(c2ccc(F)cc2)N2C(CC(=O)NCCN3CCOCC3)=CSC2=N1. The number of hydrogen-bond acceptors (Lipinski definition) is 7. The summed E-state index contributed by atoms with van der Waals surface area (Å²) in [5.74, 6) is -0.604. The van der Waals surface area contributed by atoms with E-state index in [0.717, 1.165) is 44.1 Å². The number of benzene rings is 1. The number of fused-ring (bicyclic) bond motifs is 1.